The van der Waals surface area contributed by atoms with Crippen LogP contribution in [0, 0.1) is 6.92 Å². The summed E-state index contributed by atoms with van der Waals surface area (Å²) in [6.45, 7) is 13.3. The number of hydrogen-bond acceptors (Lipinski definition) is 6. The quantitative estimate of drug-likeness (QED) is 0.358. The summed E-state index contributed by atoms with van der Waals surface area (Å²) >= 11 is 6.36. The maximum atomic E-state index is 12.8. The van der Waals surface area contributed by atoms with Gasteiger partial charge in [0.2, 0.25) is 0 Å². The van der Waals surface area contributed by atoms with Crippen molar-refractivity contribution in [3.63, 3.8) is 0 Å². The highest BCUT2D eigenvalue weighted by Crippen LogP contribution is 2.30. The zero-order valence-electron chi connectivity index (χ0n) is 21.7. The van der Waals surface area contributed by atoms with E-state index in [1.807, 2.05) is 52.0 Å². The van der Waals surface area contributed by atoms with E-state index in [1.165, 1.54) is 23.0 Å². The van der Waals surface area contributed by atoms with Gasteiger partial charge in [0.05, 0.1) is 16.6 Å². The van der Waals surface area contributed by atoms with E-state index in [-0.39, 0.29) is 27.7 Å². The monoisotopic (exact) mass is 532 g/mol. The number of rotatable bonds is 7. The molecule has 1 heterocycles. The van der Waals surface area contributed by atoms with Crippen molar-refractivity contribution < 1.29 is 17.3 Å². The Labute approximate surface area is 218 Å². The molecule has 0 bridgehead atoms. The van der Waals surface area contributed by atoms with Gasteiger partial charge in [-0.05, 0) is 56.4 Å². The molecular formula is C27H33ClN2O5S. The Kier molecular flexibility index (Phi) is 8.03. The highest BCUT2D eigenvalue weighted by Gasteiger charge is 2.25. The minimum atomic E-state index is -4.04. The topological polar surface area (TPSA) is 87.5 Å². The molecule has 36 heavy (non-hydrogen) atoms. The van der Waals surface area contributed by atoms with Crippen LogP contribution in [0.4, 0.5) is 0 Å². The maximum Gasteiger partial charge on any atom is 0.297 e. The van der Waals surface area contributed by atoms with Crippen LogP contribution in [0.2, 0.25) is 5.02 Å². The summed E-state index contributed by atoms with van der Waals surface area (Å²) in [5, 5.41) is 4.06. The summed E-state index contributed by atoms with van der Waals surface area (Å²) in [5.41, 5.74) is 1.55. The largest absolute Gasteiger partial charge is 0.480 e. The van der Waals surface area contributed by atoms with Gasteiger partial charge in [-0.3, -0.25) is 8.98 Å². The second-order valence-electron chi connectivity index (χ2n) is 10.7. The number of hydrogen-bond donors (Lipinski definition) is 0. The number of ether oxygens (including phenoxy) is 1. The van der Waals surface area contributed by atoms with Gasteiger partial charge in [0, 0.05) is 0 Å². The van der Waals surface area contributed by atoms with E-state index >= 15 is 0 Å². The van der Waals surface area contributed by atoms with Gasteiger partial charge >= 0.3 is 0 Å². The van der Waals surface area contributed by atoms with Crippen molar-refractivity contribution in [3.05, 3.63) is 86.8 Å². The molecule has 2 aromatic carbocycles. The van der Waals surface area contributed by atoms with Gasteiger partial charge in [0.15, 0.2) is 10.8 Å². The summed E-state index contributed by atoms with van der Waals surface area (Å²) in [7, 11) is -4.04. The van der Waals surface area contributed by atoms with Crippen LogP contribution in [0.25, 0.3) is 0 Å². The van der Waals surface area contributed by atoms with Gasteiger partial charge in [-0.15, -0.1) is 0 Å². The molecule has 0 N–H and O–H groups in total. The van der Waals surface area contributed by atoms with Crippen LogP contribution in [-0.4, -0.2) is 24.8 Å². The van der Waals surface area contributed by atoms with Crippen molar-refractivity contribution in [2.24, 2.45) is 0 Å². The zero-order valence-corrected chi connectivity index (χ0v) is 23.3. The molecule has 0 aliphatic heterocycles. The van der Waals surface area contributed by atoms with E-state index in [0.29, 0.717) is 5.56 Å². The first kappa shape index (κ1) is 27.9. The molecular weight excluding hydrogens is 500 g/mol. The van der Waals surface area contributed by atoms with E-state index in [9.17, 15) is 13.2 Å². The maximum absolute atomic E-state index is 12.8. The van der Waals surface area contributed by atoms with Gasteiger partial charge in [-0.1, -0.05) is 74.3 Å². The van der Waals surface area contributed by atoms with Crippen molar-refractivity contribution in [1.82, 2.24) is 9.78 Å². The average molecular weight is 533 g/mol. The Balaban J connectivity index is 1.96. The van der Waals surface area contributed by atoms with Gasteiger partial charge in [0.1, 0.15) is 12.7 Å². The molecule has 0 aliphatic rings. The van der Waals surface area contributed by atoms with E-state index in [2.05, 4.69) is 25.9 Å². The molecule has 0 radical (unpaired) electrons. The number of halogens is 1. The number of nitrogens with zero attached hydrogens (tertiary/aromatic N) is 2. The summed E-state index contributed by atoms with van der Waals surface area (Å²) in [5.74, 6) is 0.0448. The van der Waals surface area contributed by atoms with Crippen LogP contribution in [0.15, 0.2) is 64.4 Å². The molecule has 3 aromatic rings. The van der Waals surface area contributed by atoms with Crippen molar-refractivity contribution in [2.45, 2.75) is 70.4 Å². The molecule has 9 heteroatoms. The highest BCUT2D eigenvalue weighted by molar-refractivity contribution is 7.86. The predicted molar refractivity (Wildman–Crippen MR) is 141 cm³/mol. The van der Waals surface area contributed by atoms with E-state index in [0.717, 1.165) is 11.1 Å². The Morgan fingerprint density at radius 1 is 0.972 bits per heavy atom. The fraction of sp³-hybridized carbons (Fsp3) is 0.407. The van der Waals surface area contributed by atoms with Gasteiger partial charge < -0.3 is 4.74 Å². The molecule has 7 nitrogen and oxygen atoms in total. The van der Waals surface area contributed by atoms with Gasteiger partial charge in [-0.2, -0.15) is 13.5 Å². The van der Waals surface area contributed by atoms with E-state index < -0.39 is 27.3 Å². The molecule has 1 unspecified atom stereocenters. The highest BCUT2D eigenvalue weighted by atomic mass is 35.5. The number of aromatic nitrogens is 2. The lowest BCUT2D eigenvalue weighted by Crippen LogP contribution is -2.36. The first-order valence-corrected chi connectivity index (χ1v) is 13.4. The van der Waals surface area contributed by atoms with Crippen LogP contribution >= 0.6 is 11.6 Å². The molecule has 1 atom stereocenters. The first-order chi connectivity index (χ1) is 16.6. The third-order valence-electron chi connectivity index (χ3n) is 5.62. The molecule has 194 valence electrons. The van der Waals surface area contributed by atoms with Crippen LogP contribution < -0.4 is 10.3 Å². The summed E-state index contributed by atoms with van der Waals surface area (Å²) in [4.78, 5) is 12.8. The Hall–Kier alpha value is -2.68. The zero-order chi connectivity index (χ0) is 26.9. The second-order valence-corrected chi connectivity index (χ2v) is 12.7. The predicted octanol–water partition coefficient (Wildman–Crippen LogP) is 5.78. The molecule has 0 saturated carbocycles. The van der Waals surface area contributed by atoms with Gasteiger partial charge in [-0.25, -0.2) is 4.68 Å². The van der Waals surface area contributed by atoms with Gasteiger partial charge in [0.25, 0.3) is 15.7 Å². The third kappa shape index (κ3) is 6.55. The molecule has 3 rings (SSSR count). The summed E-state index contributed by atoms with van der Waals surface area (Å²) in [6, 6.07) is 14.0. The molecule has 0 aliphatic carbocycles. The van der Waals surface area contributed by atoms with Crippen LogP contribution in [-0.2, 0) is 25.3 Å². The lowest BCUT2D eigenvalue weighted by molar-refractivity contribution is 0.131. The Morgan fingerprint density at radius 2 is 1.56 bits per heavy atom. The van der Waals surface area contributed by atoms with Crippen LogP contribution in [0.5, 0.6) is 5.75 Å². The van der Waals surface area contributed by atoms with E-state index in [4.69, 9.17) is 20.5 Å². The van der Waals surface area contributed by atoms with Crippen molar-refractivity contribution in [3.8, 4) is 5.75 Å². The smallest absolute Gasteiger partial charge is 0.297 e. The first-order valence-electron chi connectivity index (χ1n) is 11.6. The fourth-order valence-electron chi connectivity index (χ4n) is 3.45. The molecule has 0 saturated heterocycles. The lowest BCUT2D eigenvalue weighted by Gasteiger charge is -2.24. The number of aryl methyl sites for hydroxylation is 1. The Morgan fingerprint density at radius 3 is 2.08 bits per heavy atom. The molecule has 1 aromatic heterocycles. The standard InChI is InChI=1S/C27H33ClN2O5S/c1-18-8-14-21(15-9-18)36(32,33)34-17-23(19-10-12-20(13-11-19)26(2,3)4)35-22-16-29-30(27(5,6)7)25(31)24(22)28/h8-16,23H,17H2,1-7H3. The average Bonchev–Trinajstić information content (AvgIpc) is 2.78. The normalized spacial score (nSPS) is 13.4. The fourth-order valence-corrected chi connectivity index (χ4v) is 4.53. The SMILES string of the molecule is Cc1ccc(S(=O)(=O)OCC(Oc2cnn(C(C)(C)C)c(=O)c2Cl)c2ccc(C(C)(C)C)cc2)cc1. The van der Waals surface area contributed by atoms with Crippen molar-refractivity contribution in [1.29, 1.82) is 0 Å². The van der Waals surface area contributed by atoms with Crippen LogP contribution in [0.1, 0.15) is 64.3 Å². The minimum Gasteiger partial charge on any atom is -0.480 e. The van der Waals surface area contributed by atoms with Crippen LogP contribution in [0.3, 0.4) is 0 Å². The Bertz CT molecular complexity index is 1370. The van der Waals surface area contributed by atoms with E-state index in [1.54, 1.807) is 12.1 Å². The molecule has 0 amide bonds. The molecule has 0 spiro atoms. The summed E-state index contributed by atoms with van der Waals surface area (Å²) in [6.07, 6.45) is 0.489. The number of benzene rings is 2. The third-order valence-corrected chi connectivity index (χ3v) is 7.27. The van der Waals surface area contributed by atoms with Crippen molar-refractivity contribution in [2.75, 3.05) is 6.61 Å². The van der Waals surface area contributed by atoms with Crippen molar-refractivity contribution >= 4 is 21.7 Å². The second kappa shape index (κ2) is 10.4. The summed E-state index contributed by atoms with van der Waals surface area (Å²) < 4.78 is 38.4. The lowest BCUT2D eigenvalue weighted by atomic mass is 9.86. The minimum absolute atomic E-state index is 0.0439. The molecule has 0 fully saturated rings.